The van der Waals surface area contributed by atoms with Gasteiger partial charge in [-0.15, -0.1) is 0 Å². The average molecular weight is 188 g/mol. The van der Waals surface area contributed by atoms with E-state index in [0.717, 1.165) is 24.2 Å². The summed E-state index contributed by atoms with van der Waals surface area (Å²) in [6, 6.07) is 5.67. The van der Waals surface area contributed by atoms with E-state index in [2.05, 4.69) is 18.8 Å². The van der Waals surface area contributed by atoms with Crippen LogP contribution in [0.2, 0.25) is 0 Å². The second-order valence-electron chi connectivity index (χ2n) is 3.70. The predicted octanol–water partition coefficient (Wildman–Crippen LogP) is 1.59. The smallest absolute Gasteiger partial charge is 0.326 e. The van der Waals surface area contributed by atoms with Crippen LogP contribution in [0.3, 0.4) is 0 Å². The summed E-state index contributed by atoms with van der Waals surface area (Å²) < 4.78 is 0. The molecule has 0 bridgehead atoms. The lowest BCUT2D eigenvalue weighted by atomic mass is 9.87. The number of rotatable bonds is 3. The van der Waals surface area contributed by atoms with Crippen LogP contribution >= 0.6 is 0 Å². The summed E-state index contributed by atoms with van der Waals surface area (Å²) in [6.45, 7) is 6.17. The van der Waals surface area contributed by atoms with Gasteiger partial charge in [-0.05, 0) is 24.5 Å². The molecule has 0 saturated carbocycles. The molecule has 1 rings (SSSR count). The quantitative estimate of drug-likeness (QED) is 0.566. The zero-order chi connectivity index (χ0) is 10.6. The van der Waals surface area contributed by atoms with E-state index in [1.807, 2.05) is 31.3 Å². The van der Waals surface area contributed by atoms with Gasteiger partial charge in [-0.25, -0.2) is 0 Å². The van der Waals surface area contributed by atoms with Crippen LogP contribution in [0.25, 0.3) is 0 Å². The lowest BCUT2D eigenvalue weighted by Crippen LogP contribution is -2.12. The molecule has 1 N–H and O–H groups in total. The topological polar surface area (TPSA) is 32.6 Å². The van der Waals surface area contributed by atoms with Crippen molar-refractivity contribution in [1.82, 2.24) is 0 Å². The summed E-state index contributed by atoms with van der Waals surface area (Å²) in [4.78, 5) is 4.36. The maximum absolute atomic E-state index is 8.81. The van der Waals surface area contributed by atoms with Gasteiger partial charge < -0.3 is 5.02 Å². The molecule has 0 atom stereocenters. The van der Waals surface area contributed by atoms with E-state index in [-0.39, 0.29) is 0 Å². The zero-order valence-corrected chi connectivity index (χ0v) is 8.86. The normalized spacial score (nSPS) is 11.2. The molecule has 3 heteroatoms. The lowest BCUT2D eigenvalue weighted by molar-refractivity contribution is 0.615. The summed E-state index contributed by atoms with van der Waals surface area (Å²) in [5.74, 6) is 0.457. The fraction of sp³-hybridized carbons (Fsp3) is 0.364. The van der Waals surface area contributed by atoms with Crippen molar-refractivity contribution in [1.29, 1.82) is 0 Å². The fourth-order valence-electron chi connectivity index (χ4n) is 1.13. The Morgan fingerprint density at radius 1 is 1.43 bits per heavy atom. The minimum atomic E-state index is 0.457. The van der Waals surface area contributed by atoms with Crippen molar-refractivity contribution >= 4 is 24.8 Å². The van der Waals surface area contributed by atoms with Gasteiger partial charge in [0.15, 0.2) is 0 Å². The Labute approximate surface area is 86.0 Å². The first-order valence-corrected chi connectivity index (χ1v) is 4.75. The van der Waals surface area contributed by atoms with Gasteiger partial charge in [-0.3, -0.25) is 4.99 Å². The molecule has 0 fully saturated rings. The Kier molecular flexibility index (Phi) is 3.90. The van der Waals surface area contributed by atoms with Crippen molar-refractivity contribution in [3.05, 3.63) is 23.8 Å². The maximum Gasteiger partial charge on any atom is 0.326 e. The first-order chi connectivity index (χ1) is 6.63. The molecule has 0 spiro atoms. The van der Waals surface area contributed by atoms with E-state index < -0.39 is 0 Å². The number of hydrogen-bond acceptors (Lipinski definition) is 2. The summed E-state index contributed by atoms with van der Waals surface area (Å²) in [5, 5.41) is 8.81. The maximum atomic E-state index is 8.81. The molecule has 0 amide bonds. The molecular weight excluding hydrogens is 173 g/mol. The second-order valence-corrected chi connectivity index (χ2v) is 3.70. The predicted molar refractivity (Wildman–Crippen MR) is 61.8 cm³/mol. The molecule has 1 aromatic rings. The third kappa shape index (κ3) is 3.00. The van der Waals surface area contributed by atoms with Crippen molar-refractivity contribution in [3.8, 4) is 0 Å². The van der Waals surface area contributed by atoms with E-state index >= 15 is 0 Å². The molecule has 2 nitrogen and oxygen atoms in total. The highest BCUT2D eigenvalue weighted by atomic mass is 16.2. The van der Waals surface area contributed by atoms with Gasteiger partial charge in [-0.1, -0.05) is 31.4 Å². The highest BCUT2D eigenvalue weighted by Gasteiger charge is 1.98. The summed E-state index contributed by atoms with van der Waals surface area (Å²) in [7, 11) is 1.10. The Balaban J connectivity index is 2.89. The molecule has 1 radical (unpaired) electrons. The van der Waals surface area contributed by atoms with Gasteiger partial charge in [-0.2, -0.15) is 0 Å². The molecule has 1 aromatic carbocycles. The van der Waals surface area contributed by atoms with Crippen LogP contribution in [-0.4, -0.2) is 18.7 Å². The minimum Gasteiger partial charge on any atom is -0.450 e. The van der Waals surface area contributed by atoms with Crippen LogP contribution < -0.4 is 5.46 Å². The van der Waals surface area contributed by atoms with Crippen LogP contribution in [0.1, 0.15) is 19.4 Å². The largest absolute Gasteiger partial charge is 0.450 e. The van der Waals surface area contributed by atoms with Crippen LogP contribution in [-0.2, 0) is 0 Å². The van der Waals surface area contributed by atoms with Gasteiger partial charge in [0.2, 0.25) is 0 Å². The Hall–Kier alpha value is -1.09. The van der Waals surface area contributed by atoms with E-state index in [4.69, 9.17) is 5.02 Å². The first-order valence-electron chi connectivity index (χ1n) is 4.75. The number of aryl methyl sites for hydroxylation is 1. The summed E-state index contributed by atoms with van der Waals surface area (Å²) in [6.07, 6.45) is 1.92. The van der Waals surface area contributed by atoms with E-state index in [1.54, 1.807) is 0 Å². The third-order valence-corrected chi connectivity index (χ3v) is 1.88. The Morgan fingerprint density at radius 3 is 2.64 bits per heavy atom. The van der Waals surface area contributed by atoms with E-state index in [9.17, 15) is 0 Å². The standard InChI is InChI=1S/C11H15BNO/c1-8(2)7-13-11-5-4-10(12-14)6-9(11)3/h4-8,14H,1-3H3. The monoisotopic (exact) mass is 188 g/mol. The van der Waals surface area contributed by atoms with Crippen molar-refractivity contribution in [2.45, 2.75) is 20.8 Å². The summed E-state index contributed by atoms with van der Waals surface area (Å²) in [5.41, 5.74) is 2.85. The average Bonchev–Trinajstić information content (AvgIpc) is 2.15. The first kappa shape index (κ1) is 11.0. The molecule has 0 heterocycles. The van der Waals surface area contributed by atoms with Crippen LogP contribution in [0.4, 0.5) is 5.69 Å². The van der Waals surface area contributed by atoms with Crippen molar-refractivity contribution < 1.29 is 5.02 Å². The number of hydrogen-bond donors (Lipinski definition) is 1. The molecule has 0 unspecified atom stereocenters. The zero-order valence-electron chi connectivity index (χ0n) is 8.86. The van der Waals surface area contributed by atoms with Gasteiger partial charge in [0.05, 0.1) is 5.69 Å². The molecule has 73 valence electrons. The number of nitrogens with zero attached hydrogens (tertiary/aromatic N) is 1. The van der Waals surface area contributed by atoms with Gasteiger partial charge in [0.25, 0.3) is 0 Å². The number of aliphatic imine (C=N–C) groups is 1. The van der Waals surface area contributed by atoms with Gasteiger partial charge >= 0.3 is 7.48 Å². The highest BCUT2D eigenvalue weighted by Crippen LogP contribution is 2.15. The molecule has 0 aliphatic rings. The fourth-order valence-corrected chi connectivity index (χ4v) is 1.13. The molecular formula is C11H15BNO. The third-order valence-electron chi connectivity index (χ3n) is 1.88. The molecule has 0 aliphatic carbocycles. The van der Waals surface area contributed by atoms with Crippen LogP contribution in [0.15, 0.2) is 23.2 Å². The molecule has 0 aliphatic heterocycles. The van der Waals surface area contributed by atoms with Crippen molar-refractivity contribution in [2.24, 2.45) is 10.9 Å². The van der Waals surface area contributed by atoms with Crippen LogP contribution in [0, 0.1) is 12.8 Å². The van der Waals surface area contributed by atoms with Gasteiger partial charge in [0.1, 0.15) is 0 Å². The van der Waals surface area contributed by atoms with E-state index in [0.29, 0.717) is 5.92 Å². The lowest BCUT2D eigenvalue weighted by Gasteiger charge is -2.02. The summed E-state index contributed by atoms with van der Waals surface area (Å²) >= 11 is 0. The minimum absolute atomic E-state index is 0.457. The molecule has 14 heavy (non-hydrogen) atoms. The Bertz CT molecular complexity index is 334. The molecule has 0 aromatic heterocycles. The van der Waals surface area contributed by atoms with Crippen LogP contribution in [0.5, 0.6) is 0 Å². The van der Waals surface area contributed by atoms with Crippen molar-refractivity contribution in [2.75, 3.05) is 0 Å². The molecule has 0 saturated heterocycles. The van der Waals surface area contributed by atoms with E-state index in [1.165, 1.54) is 0 Å². The second kappa shape index (κ2) is 4.96. The van der Waals surface area contributed by atoms with Gasteiger partial charge in [0, 0.05) is 6.21 Å². The SMILES string of the molecule is Cc1cc([B]O)ccc1N=CC(C)C. The number of benzene rings is 1. The Morgan fingerprint density at radius 2 is 2.14 bits per heavy atom. The highest BCUT2D eigenvalue weighted by molar-refractivity contribution is 6.45. The van der Waals surface area contributed by atoms with Crippen molar-refractivity contribution in [3.63, 3.8) is 0 Å².